The van der Waals surface area contributed by atoms with Crippen molar-refractivity contribution in [1.29, 1.82) is 0 Å². The van der Waals surface area contributed by atoms with E-state index in [1.54, 1.807) is 19.1 Å². The molecule has 2 aromatic carbocycles. The number of hydrogen-bond acceptors (Lipinski definition) is 5. The van der Waals surface area contributed by atoms with Crippen molar-refractivity contribution in [3.63, 3.8) is 0 Å². The van der Waals surface area contributed by atoms with Crippen molar-refractivity contribution < 1.29 is 9.72 Å². The van der Waals surface area contributed by atoms with E-state index in [9.17, 15) is 14.9 Å². The second kappa shape index (κ2) is 9.19. The van der Waals surface area contributed by atoms with E-state index in [1.165, 1.54) is 23.9 Å². The molecule has 0 bridgehead atoms. The lowest BCUT2D eigenvalue weighted by molar-refractivity contribution is -0.384. The third-order valence-electron chi connectivity index (χ3n) is 3.24. The van der Waals surface area contributed by atoms with Crippen LogP contribution >= 0.6 is 23.4 Å². The predicted molar refractivity (Wildman–Crippen MR) is 101 cm³/mol. The molecular formula is C17H16ClN3O3S. The standard InChI is InChI=1S/C17H16ClN3O3S/c1-12(14-3-2-4-16(9-14)21(23)24)19-20-17(22)11-25-10-13-5-7-15(18)8-6-13/h2-9H,10-11H2,1H3,(H,20,22). The molecule has 0 radical (unpaired) electrons. The van der Waals surface area contributed by atoms with Gasteiger partial charge < -0.3 is 0 Å². The largest absolute Gasteiger partial charge is 0.272 e. The summed E-state index contributed by atoms with van der Waals surface area (Å²) < 4.78 is 0. The van der Waals surface area contributed by atoms with Gasteiger partial charge >= 0.3 is 0 Å². The van der Waals surface area contributed by atoms with Crippen LogP contribution in [0.5, 0.6) is 0 Å². The van der Waals surface area contributed by atoms with E-state index in [2.05, 4.69) is 10.5 Å². The van der Waals surface area contributed by atoms with Crippen LogP contribution in [-0.2, 0) is 10.5 Å². The van der Waals surface area contributed by atoms with Crippen molar-refractivity contribution in [2.45, 2.75) is 12.7 Å². The van der Waals surface area contributed by atoms with Crippen molar-refractivity contribution >= 4 is 40.7 Å². The molecule has 6 nitrogen and oxygen atoms in total. The van der Waals surface area contributed by atoms with Gasteiger partial charge in [-0.05, 0) is 24.6 Å². The number of thioether (sulfide) groups is 1. The molecule has 0 aromatic heterocycles. The quantitative estimate of drug-likeness (QED) is 0.448. The molecular weight excluding hydrogens is 362 g/mol. The van der Waals surface area contributed by atoms with Crippen LogP contribution < -0.4 is 5.43 Å². The molecule has 25 heavy (non-hydrogen) atoms. The van der Waals surface area contributed by atoms with Crippen molar-refractivity contribution in [3.05, 3.63) is 74.8 Å². The summed E-state index contributed by atoms with van der Waals surface area (Å²) in [4.78, 5) is 22.1. The Bertz CT molecular complexity index is 794. The first-order valence-electron chi connectivity index (χ1n) is 7.36. The monoisotopic (exact) mass is 377 g/mol. The molecule has 8 heteroatoms. The van der Waals surface area contributed by atoms with E-state index in [-0.39, 0.29) is 17.3 Å². The van der Waals surface area contributed by atoms with Gasteiger partial charge in [-0.3, -0.25) is 14.9 Å². The number of hydrogen-bond donors (Lipinski definition) is 1. The smallest absolute Gasteiger partial charge is 0.270 e. The number of rotatable bonds is 7. The number of halogens is 1. The zero-order valence-electron chi connectivity index (χ0n) is 13.4. The Morgan fingerprint density at radius 1 is 1.28 bits per heavy atom. The van der Waals surface area contributed by atoms with E-state index in [0.717, 1.165) is 5.56 Å². The van der Waals surface area contributed by atoms with Crippen molar-refractivity contribution in [3.8, 4) is 0 Å². The maximum Gasteiger partial charge on any atom is 0.270 e. The summed E-state index contributed by atoms with van der Waals surface area (Å²) in [7, 11) is 0. The predicted octanol–water partition coefficient (Wildman–Crippen LogP) is 4.02. The highest BCUT2D eigenvalue weighted by molar-refractivity contribution is 7.99. The van der Waals surface area contributed by atoms with Crippen LogP contribution in [0, 0.1) is 10.1 Å². The average molecular weight is 378 g/mol. The number of nitro groups is 1. The summed E-state index contributed by atoms with van der Waals surface area (Å²) in [5.41, 5.74) is 4.61. The van der Waals surface area contributed by atoms with Gasteiger partial charge in [0.15, 0.2) is 0 Å². The van der Waals surface area contributed by atoms with Crippen LogP contribution in [-0.4, -0.2) is 22.3 Å². The van der Waals surface area contributed by atoms with Crippen LogP contribution in [0.3, 0.4) is 0 Å². The van der Waals surface area contributed by atoms with Gasteiger partial charge in [0.05, 0.1) is 16.4 Å². The van der Waals surface area contributed by atoms with Crippen molar-refractivity contribution in [1.82, 2.24) is 5.43 Å². The van der Waals surface area contributed by atoms with Crippen LogP contribution in [0.2, 0.25) is 5.02 Å². The number of non-ortho nitro benzene ring substituents is 1. The van der Waals surface area contributed by atoms with Gasteiger partial charge in [-0.2, -0.15) is 5.10 Å². The molecule has 0 aliphatic carbocycles. The summed E-state index contributed by atoms with van der Waals surface area (Å²) >= 11 is 7.28. The molecule has 0 saturated heterocycles. The third kappa shape index (κ3) is 6.21. The Kier molecular flexibility index (Phi) is 6.97. The molecule has 0 unspecified atom stereocenters. The molecule has 0 heterocycles. The maximum atomic E-state index is 11.8. The van der Waals surface area contributed by atoms with Gasteiger partial charge in [-0.25, -0.2) is 5.43 Å². The number of nitrogens with zero attached hydrogens (tertiary/aromatic N) is 2. The Balaban J connectivity index is 1.83. The van der Waals surface area contributed by atoms with E-state index in [4.69, 9.17) is 11.6 Å². The van der Waals surface area contributed by atoms with Crippen molar-refractivity contribution in [2.75, 3.05) is 5.75 Å². The topological polar surface area (TPSA) is 84.6 Å². The van der Waals surface area contributed by atoms with Crippen molar-refractivity contribution in [2.24, 2.45) is 5.10 Å². The minimum atomic E-state index is -0.469. The summed E-state index contributed by atoms with van der Waals surface area (Å²) in [6.45, 7) is 1.68. The Hall–Kier alpha value is -2.38. The van der Waals surface area contributed by atoms with Gasteiger partial charge in [0.2, 0.25) is 5.91 Å². The summed E-state index contributed by atoms with van der Waals surface area (Å²) in [5.74, 6) is 0.718. The van der Waals surface area contributed by atoms with E-state index >= 15 is 0 Å². The summed E-state index contributed by atoms with van der Waals surface area (Å²) in [5, 5.41) is 15.5. The number of amides is 1. The average Bonchev–Trinajstić information content (AvgIpc) is 2.61. The molecule has 130 valence electrons. The minimum Gasteiger partial charge on any atom is -0.272 e. The highest BCUT2D eigenvalue weighted by Crippen LogP contribution is 2.15. The summed E-state index contributed by atoms with van der Waals surface area (Å²) in [6, 6.07) is 13.6. The molecule has 0 atom stereocenters. The Morgan fingerprint density at radius 3 is 2.68 bits per heavy atom. The third-order valence-corrected chi connectivity index (χ3v) is 4.49. The van der Waals surface area contributed by atoms with Crippen LogP contribution in [0.25, 0.3) is 0 Å². The van der Waals surface area contributed by atoms with Gasteiger partial charge in [0.25, 0.3) is 5.69 Å². The van der Waals surface area contributed by atoms with E-state index in [1.807, 2.05) is 24.3 Å². The molecule has 1 N–H and O–H groups in total. The SMILES string of the molecule is CC(=NNC(=O)CSCc1ccc(Cl)cc1)c1cccc([N+](=O)[O-])c1. The number of nitro benzene ring substituents is 1. The van der Waals surface area contributed by atoms with Crippen LogP contribution in [0.4, 0.5) is 5.69 Å². The highest BCUT2D eigenvalue weighted by atomic mass is 35.5. The fourth-order valence-corrected chi connectivity index (χ4v) is 2.84. The maximum absolute atomic E-state index is 11.8. The first kappa shape index (κ1) is 19.0. The Morgan fingerprint density at radius 2 is 2.00 bits per heavy atom. The molecule has 1 amide bonds. The lowest BCUT2D eigenvalue weighted by Gasteiger charge is -2.04. The minimum absolute atomic E-state index is 0.0168. The highest BCUT2D eigenvalue weighted by Gasteiger charge is 2.08. The molecule has 0 aliphatic rings. The van der Waals surface area contributed by atoms with Gasteiger partial charge in [0.1, 0.15) is 0 Å². The number of carbonyl (C=O) groups excluding carboxylic acids is 1. The fourth-order valence-electron chi connectivity index (χ4n) is 1.93. The van der Waals surface area contributed by atoms with Gasteiger partial charge in [0, 0.05) is 28.5 Å². The lowest BCUT2D eigenvalue weighted by Crippen LogP contribution is -2.21. The van der Waals surface area contributed by atoms with E-state index < -0.39 is 4.92 Å². The molecule has 0 fully saturated rings. The number of carbonyl (C=O) groups is 1. The first-order valence-corrected chi connectivity index (χ1v) is 8.89. The Labute approximate surface area is 154 Å². The van der Waals surface area contributed by atoms with Gasteiger partial charge in [-0.1, -0.05) is 35.9 Å². The zero-order valence-corrected chi connectivity index (χ0v) is 15.0. The van der Waals surface area contributed by atoms with Gasteiger partial charge in [-0.15, -0.1) is 11.8 Å². The summed E-state index contributed by atoms with van der Waals surface area (Å²) in [6.07, 6.45) is 0. The second-order valence-electron chi connectivity index (χ2n) is 5.16. The van der Waals surface area contributed by atoms with Crippen LogP contribution in [0.15, 0.2) is 53.6 Å². The molecule has 2 aromatic rings. The second-order valence-corrected chi connectivity index (χ2v) is 6.58. The number of nitrogens with one attached hydrogen (secondary N) is 1. The molecule has 2 rings (SSSR count). The first-order chi connectivity index (χ1) is 12.0. The number of benzene rings is 2. The number of hydrazone groups is 1. The molecule has 0 aliphatic heterocycles. The fraction of sp³-hybridized carbons (Fsp3) is 0.176. The lowest BCUT2D eigenvalue weighted by atomic mass is 10.1. The molecule has 0 spiro atoms. The zero-order chi connectivity index (χ0) is 18.2. The molecule has 0 saturated carbocycles. The van der Waals surface area contributed by atoms with Crippen LogP contribution in [0.1, 0.15) is 18.1 Å². The van der Waals surface area contributed by atoms with E-state index in [0.29, 0.717) is 22.1 Å². The normalized spacial score (nSPS) is 11.2.